The van der Waals surface area contributed by atoms with E-state index in [-0.39, 0.29) is 5.91 Å². The SMILES string of the molecule is O=C(NC(CO)C(=O)N1CCN(c2ccccc2)CC1)c1ccncc1. The van der Waals surface area contributed by atoms with Gasteiger partial charge in [-0.15, -0.1) is 0 Å². The van der Waals surface area contributed by atoms with E-state index in [0.29, 0.717) is 31.7 Å². The summed E-state index contributed by atoms with van der Waals surface area (Å²) in [4.78, 5) is 32.6. The number of aliphatic hydroxyl groups is 1. The van der Waals surface area contributed by atoms with Gasteiger partial charge in [0.15, 0.2) is 0 Å². The summed E-state index contributed by atoms with van der Waals surface area (Å²) in [6.45, 7) is 2.09. The van der Waals surface area contributed by atoms with Gasteiger partial charge in [0.05, 0.1) is 6.61 Å². The van der Waals surface area contributed by atoms with Gasteiger partial charge >= 0.3 is 0 Å². The number of nitrogens with zero attached hydrogens (tertiary/aromatic N) is 3. The summed E-state index contributed by atoms with van der Waals surface area (Å²) in [5, 5.41) is 12.2. The van der Waals surface area contributed by atoms with Crippen LogP contribution in [-0.4, -0.2) is 65.6 Å². The second-order valence-corrected chi connectivity index (χ2v) is 6.09. The predicted molar refractivity (Wildman–Crippen MR) is 97.8 cm³/mol. The van der Waals surface area contributed by atoms with Crippen LogP contribution in [0.2, 0.25) is 0 Å². The maximum Gasteiger partial charge on any atom is 0.252 e. The fourth-order valence-corrected chi connectivity index (χ4v) is 2.97. The molecule has 1 aromatic carbocycles. The van der Waals surface area contributed by atoms with Crippen molar-refractivity contribution in [1.29, 1.82) is 0 Å². The quantitative estimate of drug-likeness (QED) is 0.818. The normalized spacial score (nSPS) is 15.4. The largest absolute Gasteiger partial charge is 0.394 e. The molecule has 0 spiro atoms. The molecule has 1 aliphatic rings. The zero-order valence-corrected chi connectivity index (χ0v) is 14.4. The molecule has 26 heavy (non-hydrogen) atoms. The molecule has 0 bridgehead atoms. The van der Waals surface area contributed by atoms with E-state index in [1.807, 2.05) is 30.3 Å². The molecule has 1 fully saturated rings. The van der Waals surface area contributed by atoms with Crippen LogP contribution in [0.1, 0.15) is 10.4 Å². The molecule has 0 saturated carbocycles. The predicted octanol–water partition coefficient (Wildman–Crippen LogP) is 0.521. The van der Waals surface area contributed by atoms with Crippen LogP contribution in [0.25, 0.3) is 0 Å². The van der Waals surface area contributed by atoms with Crippen LogP contribution in [0.3, 0.4) is 0 Å². The number of hydrogen-bond acceptors (Lipinski definition) is 5. The number of hydrogen-bond donors (Lipinski definition) is 2. The number of rotatable bonds is 5. The Labute approximate surface area is 152 Å². The van der Waals surface area contributed by atoms with Gasteiger partial charge < -0.3 is 20.2 Å². The Hall–Kier alpha value is -2.93. The van der Waals surface area contributed by atoms with Gasteiger partial charge in [-0.2, -0.15) is 0 Å². The molecule has 2 heterocycles. The third-order valence-electron chi connectivity index (χ3n) is 4.44. The lowest BCUT2D eigenvalue weighted by atomic mass is 10.2. The first kappa shape index (κ1) is 17.9. The lowest BCUT2D eigenvalue weighted by molar-refractivity contribution is -0.134. The van der Waals surface area contributed by atoms with Crippen LogP contribution in [0.5, 0.6) is 0 Å². The number of amides is 2. The highest BCUT2D eigenvalue weighted by molar-refractivity contribution is 5.97. The highest BCUT2D eigenvalue weighted by Gasteiger charge is 2.28. The number of piperazine rings is 1. The topological polar surface area (TPSA) is 85.8 Å². The van der Waals surface area contributed by atoms with Gasteiger partial charge in [-0.25, -0.2) is 0 Å². The summed E-state index contributed by atoms with van der Waals surface area (Å²) in [5.41, 5.74) is 1.53. The average Bonchev–Trinajstić information content (AvgIpc) is 2.72. The molecular weight excluding hydrogens is 332 g/mol. The smallest absolute Gasteiger partial charge is 0.252 e. The first-order valence-corrected chi connectivity index (χ1v) is 8.59. The molecule has 7 nitrogen and oxygen atoms in total. The molecule has 0 aliphatic carbocycles. The van der Waals surface area contributed by atoms with Gasteiger partial charge in [0.1, 0.15) is 6.04 Å². The lowest BCUT2D eigenvalue weighted by Crippen LogP contribution is -2.56. The standard InChI is InChI=1S/C19H22N4O3/c24-14-17(21-18(25)15-6-8-20-9-7-15)19(26)23-12-10-22(11-13-23)16-4-2-1-3-5-16/h1-9,17,24H,10-14H2,(H,21,25). The van der Waals surface area contributed by atoms with Crippen molar-refractivity contribution in [2.75, 3.05) is 37.7 Å². The van der Waals surface area contributed by atoms with Crippen LogP contribution >= 0.6 is 0 Å². The van der Waals surface area contributed by atoms with E-state index in [0.717, 1.165) is 5.69 Å². The number of pyridine rings is 1. The molecule has 1 aliphatic heterocycles. The highest BCUT2D eigenvalue weighted by Crippen LogP contribution is 2.16. The van der Waals surface area contributed by atoms with Gasteiger partial charge in [-0.3, -0.25) is 14.6 Å². The molecule has 1 saturated heterocycles. The van der Waals surface area contributed by atoms with E-state index < -0.39 is 18.6 Å². The Kier molecular flexibility index (Phi) is 5.80. The van der Waals surface area contributed by atoms with E-state index >= 15 is 0 Å². The van der Waals surface area contributed by atoms with Crippen LogP contribution in [-0.2, 0) is 4.79 Å². The summed E-state index contributed by atoms with van der Waals surface area (Å²) in [6.07, 6.45) is 3.01. The summed E-state index contributed by atoms with van der Waals surface area (Å²) in [5.74, 6) is -0.662. The second kappa shape index (κ2) is 8.44. The number of nitrogens with one attached hydrogen (secondary N) is 1. The minimum absolute atomic E-state index is 0.261. The van der Waals surface area contributed by atoms with Crippen LogP contribution in [0, 0.1) is 0 Å². The van der Waals surface area contributed by atoms with Gasteiger partial charge in [0.2, 0.25) is 5.91 Å². The van der Waals surface area contributed by atoms with Crippen molar-refractivity contribution in [2.24, 2.45) is 0 Å². The third-order valence-corrected chi connectivity index (χ3v) is 4.44. The number of carbonyl (C=O) groups is 2. The van der Waals surface area contributed by atoms with E-state index in [4.69, 9.17) is 0 Å². The molecule has 1 unspecified atom stereocenters. The molecular formula is C19H22N4O3. The van der Waals surface area contributed by atoms with Crippen molar-refractivity contribution in [3.63, 3.8) is 0 Å². The molecule has 7 heteroatoms. The van der Waals surface area contributed by atoms with Crippen LogP contribution in [0.15, 0.2) is 54.9 Å². The number of aliphatic hydroxyl groups excluding tert-OH is 1. The van der Waals surface area contributed by atoms with E-state index in [1.54, 1.807) is 17.0 Å². The summed E-state index contributed by atoms with van der Waals surface area (Å²) in [7, 11) is 0. The van der Waals surface area contributed by atoms with Gasteiger partial charge in [-0.1, -0.05) is 18.2 Å². The zero-order chi connectivity index (χ0) is 18.4. The zero-order valence-electron chi connectivity index (χ0n) is 14.4. The summed E-state index contributed by atoms with van der Waals surface area (Å²) < 4.78 is 0. The fraction of sp³-hybridized carbons (Fsp3) is 0.316. The van der Waals surface area contributed by atoms with Gasteiger partial charge in [-0.05, 0) is 24.3 Å². The minimum atomic E-state index is -0.945. The van der Waals surface area contributed by atoms with E-state index in [9.17, 15) is 14.7 Å². The van der Waals surface area contributed by atoms with E-state index in [2.05, 4.69) is 15.2 Å². The number of anilines is 1. The molecule has 2 aromatic rings. The average molecular weight is 354 g/mol. The fourth-order valence-electron chi connectivity index (χ4n) is 2.97. The Morgan fingerprint density at radius 2 is 1.69 bits per heavy atom. The molecule has 3 rings (SSSR count). The maximum atomic E-state index is 12.7. The highest BCUT2D eigenvalue weighted by atomic mass is 16.3. The first-order valence-electron chi connectivity index (χ1n) is 8.59. The van der Waals surface area contributed by atoms with Gasteiger partial charge in [0, 0.05) is 49.8 Å². The van der Waals surface area contributed by atoms with Crippen LogP contribution < -0.4 is 10.2 Å². The Morgan fingerprint density at radius 1 is 1.04 bits per heavy atom. The number of aromatic nitrogens is 1. The number of carbonyl (C=O) groups excluding carboxylic acids is 2. The number of benzene rings is 1. The molecule has 1 atom stereocenters. The Morgan fingerprint density at radius 3 is 2.31 bits per heavy atom. The minimum Gasteiger partial charge on any atom is -0.394 e. The van der Waals surface area contributed by atoms with Crippen molar-refractivity contribution < 1.29 is 14.7 Å². The summed E-state index contributed by atoms with van der Waals surface area (Å²) in [6, 6.07) is 12.2. The van der Waals surface area contributed by atoms with Crippen molar-refractivity contribution in [3.8, 4) is 0 Å². The Bertz CT molecular complexity index is 731. The molecule has 1 aromatic heterocycles. The van der Waals surface area contributed by atoms with E-state index in [1.165, 1.54) is 12.4 Å². The maximum absolute atomic E-state index is 12.7. The molecule has 2 amide bonds. The van der Waals surface area contributed by atoms with Crippen molar-refractivity contribution >= 4 is 17.5 Å². The third kappa shape index (κ3) is 4.18. The molecule has 2 N–H and O–H groups in total. The van der Waals surface area contributed by atoms with Gasteiger partial charge in [0.25, 0.3) is 5.91 Å². The summed E-state index contributed by atoms with van der Waals surface area (Å²) >= 11 is 0. The monoisotopic (exact) mass is 354 g/mol. The first-order chi connectivity index (χ1) is 12.7. The van der Waals surface area contributed by atoms with Crippen molar-refractivity contribution in [2.45, 2.75) is 6.04 Å². The van der Waals surface area contributed by atoms with Crippen molar-refractivity contribution in [1.82, 2.24) is 15.2 Å². The Balaban J connectivity index is 1.57. The molecule has 136 valence electrons. The number of para-hydroxylation sites is 1. The molecule has 0 radical (unpaired) electrons. The van der Waals surface area contributed by atoms with Crippen LogP contribution in [0.4, 0.5) is 5.69 Å². The lowest BCUT2D eigenvalue weighted by Gasteiger charge is -2.37. The second-order valence-electron chi connectivity index (χ2n) is 6.09. The van der Waals surface area contributed by atoms with Crippen molar-refractivity contribution in [3.05, 3.63) is 60.4 Å².